The quantitative estimate of drug-likeness (QED) is 0.832. The van der Waals surface area contributed by atoms with Gasteiger partial charge in [0.15, 0.2) is 0 Å². The van der Waals surface area contributed by atoms with Crippen LogP contribution in [0.3, 0.4) is 0 Å². The van der Waals surface area contributed by atoms with Crippen molar-refractivity contribution in [2.24, 2.45) is 0 Å². The van der Waals surface area contributed by atoms with Gasteiger partial charge in [0.1, 0.15) is 11.5 Å². The van der Waals surface area contributed by atoms with E-state index >= 15 is 0 Å². The molecule has 0 N–H and O–H groups in total. The molecular weight excluding hydrogens is 344 g/mol. The van der Waals surface area contributed by atoms with Crippen molar-refractivity contribution in [3.8, 4) is 11.5 Å². The number of amides is 2. The molecule has 0 saturated carbocycles. The summed E-state index contributed by atoms with van der Waals surface area (Å²) in [6.07, 6.45) is 0. The Labute approximate surface area is 159 Å². The maximum Gasteiger partial charge on any atom is 0.253 e. The Kier molecular flexibility index (Phi) is 5.64. The number of carbonyl (C=O) groups excluding carboxylic acids is 2. The summed E-state index contributed by atoms with van der Waals surface area (Å²) < 4.78 is 10.4. The summed E-state index contributed by atoms with van der Waals surface area (Å²) in [6.45, 7) is 4.00. The molecule has 6 heteroatoms. The molecule has 142 valence electrons. The van der Waals surface area contributed by atoms with E-state index in [1.54, 1.807) is 54.4 Å². The molecule has 0 radical (unpaired) electrons. The van der Waals surface area contributed by atoms with Crippen LogP contribution in [0, 0.1) is 6.92 Å². The van der Waals surface area contributed by atoms with E-state index in [1.165, 1.54) is 0 Å². The van der Waals surface area contributed by atoms with E-state index in [4.69, 9.17) is 9.47 Å². The third-order valence-electron chi connectivity index (χ3n) is 4.83. The van der Waals surface area contributed by atoms with Gasteiger partial charge in [-0.3, -0.25) is 9.59 Å². The fourth-order valence-corrected chi connectivity index (χ4v) is 3.22. The molecule has 1 aliphatic heterocycles. The zero-order chi connectivity index (χ0) is 19.4. The van der Waals surface area contributed by atoms with Crippen LogP contribution in [-0.2, 0) is 0 Å². The highest BCUT2D eigenvalue weighted by Gasteiger charge is 2.25. The molecule has 2 aromatic carbocycles. The van der Waals surface area contributed by atoms with Crippen molar-refractivity contribution in [2.75, 3.05) is 40.4 Å². The third-order valence-corrected chi connectivity index (χ3v) is 4.83. The third kappa shape index (κ3) is 4.05. The first kappa shape index (κ1) is 18.8. The number of hydrogen-bond donors (Lipinski definition) is 0. The Morgan fingerprint density at radius 2 is 1.30 bits per heavy atom. The molecule has 3 rings (SSSR count). The number of ether oxygens (including phenoxy) is 2. The van der Waals surface area contributed by atoms with Gasteiger partial charge in [0.2, 0.25) is 0 Å². The maximum atomic E-state index is 12.7. The first-order valence-electron chi connectivity index (χ1n) is 8.90. The lowest BCUT2D eigenvalue weighted by atomic mass is 10.1. The predicted octanol–water partition coefficient (Wildman–Crippen LogP) is 2.61. The van der Waals surface area contributed by atoms with Gasteiger partial charge in [-0.15, -0.1) is 0 Å². The van der Waals surface area contributed by atoms with Crippen molar-refractivity contribution in [1.82, 2.24) is 9.80 Å². The minimum Gasteiger partial charge on any atom is -0.497 e. The number of hydrogen-bond acceptors (Lipinski definition) is 4. The second-order valence-corrected chi connectivity index (χ2v) is 6.50. The van der Waals surface area contributed by atoms with E-state index in [1.807, 2.05) is 19.1 Å². The minimum atomic E-state index is -0.0231. The molecule has 1 aliphatic rings. The monoisotopic (exact) mass is 368 g/mol. The molecule has 0 unspecified atom stereocenters. The largest absolute Gasteiger partial charge is 0.497 e. The zero-order valence-electron chi connectivity index (χ0n) is 15.9. The highest BCUT2D eigenvalue weighted by Crippen LogP contribution is 2.20. The Hall–Kier alpha value is -3.02. The summed E-state index contributed by atoms with van der Waals surface area (Å²) in [5.74, 6) is 1.44. The summed E-state index contributed by atoms with van der Waals surface area (Å²) in [5.41, 5.74) is 2.20. The van der Waals surface area contributed by atoms with Crippen LogP contribution in [0.4, 0.5) is 0 Å². The molecule has 0 spiro atoms. The highest BCUT2D eigenvalue weighted by atomic mass is 16.5. The van der Waals surface area contributed by atoms with Crippen molar-refractivity contribution in [1.29, 1.82) is 0 Å². The second kappa shape index (κ2) is 8.12. The minimum absolute atomic E-state index is 0.0164. The highest BCUT2D eigenvalue weighted by molar-refractivity contribution is 5.96. The average Bonchev–Trinajstić information content (AvgIpc) is 2.73. The lowest BCUT2D eigenvalue weighted by Gasteiger charge is -2.35. The normalized spacial score (nSPS) is 14.0. The van der Waals surface area contributed by atoms with Crippen LogP contribution in [0.15, 0.2) is 42.5 Å². The molecule has 1 heterocycles. The molecule has 0 atom stereocenters. The summed E-state index contributed by atoms with van der Waals surface area (Å²) in [7, 11) is 3.21. The molecule has 1 fully saturated rings. The average molecular weight is 368 g/mol. The number of carbonyl (C=O) groups is 2. The topological polar surface area (TPSA) is 59.1 Å². The fourth-order valence-electron chi connectivity index (χ4n) is 3.22. The number of rotatable bonds is 4. The standard InChI is InChI=1S/C21H24N2O4/c1-15-14-17(6-9-19(15)27-3)21(25)23-12-10-22(11-13-23)20(24)16-4-7-18(26-2)8-5-16/h4-9,14H,10-13H2,1-3H3. The SMILES string of the molecule is COc1ccc(C(=O)N2CCN(C(=O)c3ccc(OC)c(C)c3)CC2)cc1. The van der Waals surface area contributed by atoms with Gasteiger partial charge in [0, 0.05) is 37.3 Å². The number of piperazine rings is 1. The summed E-state index contributed by atoms with van der Waals surface area (Å²) in [5, 5.41) is 0. The van der Waals surface area contributed by atoms with Crippen molar-refractivity contribution in [3.63, 3.8) is 0 Å². The fraction of sp³-hybridized carbons (Fsp3) is 0.333. The number of methoxy groups -OCH3 is 2. The van der Waals surface area contributed by atoms with Gasteiger partial charge >= 0.3 is 0 Å². The smallest absolute Gasteiger partial charge is 0.253 e. The Morgan fingerprint density at radius 1 is 0.778 bits per heavy atom. The van der Waals surface area contributed by atoms with Crippen LogP contribution in [0.1, 0.15) is 26.3 Å². The lowest BCUT2D eigenvalue weighted by molar-refractivity contribution is 0.0535. The van der Waals surface area contributed by atoms with Crippen LogP contribution in [-0.4, -0.2) is 62.0 Å². The van der Waals surface area contributed by atoms with Gasteiger partial charge in [-0.05, 0) is 55.0 Å². The van der Waals surface area contributed by atoms with Crippen molar-refractivity contribution in [3.05, 3.63) is 59.2 Å². The molecule has 27 heavy (non-hydrogen) atoms. The molecule has 0 bridgehead atoms. The van der Waals surface area contributed by atoms with Gasteiger partial charge in [-0.25, -0.2) is 0 Å². The molecule has 2 amide bonds. The van der Waals surface area contributed by atoms with E-state index < -0.39 is 0 Å². The van der Waals surface area contributed by atoms with E-state index in [-0.39, 0.29) is 11.8 Å². The van der Waals surface area contributed by atoms with E-state index in [2.05, 4.69) is 0 Å². The van der Waals surface area contributed by atoms with Crippen LogP contribution in [0.25, 0.3) is 0 Å². The molecule has 0 aliphatic carbocycles. The van der Waals surface area contributed by atoms with Gasteiger partial charge in [0.25, 0.3) is 11.8 Å². The van der Waals surface area contributed by atoms with Gasteiger partial charge in [-0.1, -0.05) is 0 Å². The van der Waals surface area contributed by atoms with Gasteiger partial charge in [-0.2, -0.15) is 0 Å². The first-order valence-corrected chi connectivity index (χ1v) is 8.90. The van der Waals surface area contributed by atoms with Crippen molar-refractivity contribution in [2.45, 2.75) is 6.92 Å². The van der Waals surface area contributed by atoms with Gasteiger partial charge < -0.3 is 19.3 Å². The van der Waals surface area contributed by atoms with E-state index in [0.717, 1.165) is 17.1 Å². The van der Waals surface area contributed by atoms with E-state index in [9.17, 15) is 9.59 Å². The molecule has 1 saturated heterocycles. The summed E-state index contributed by atoms with van der Waals surface area (Å²) >= 11 is 0. The lowest BCUT2D eigenvalue weighted by Crippen LogP contribution is -2.50. The van der Waals surface area contributed by atoms with Crippen LogP contribution < -0.4 is 9.47 Å². The Balaban J connectivity index is 1.61. The van der Waals surface area contributed by atoms with Crippen LogP contribution in [0.2, 0.25) is 0 Å². The maximum absolute atomic E-state index is 12.7. The Bertz CT molecular complexity index is 825. The Morgan fingerprint density at radius 3 is 1.78 bits per heavy atom. The van der Waals surface area contributed by atoms with Crippen LogP contribution >= 0.6 is 0 Å². The molecule has 0 aromatic heterocycles. The molecule has 6 nitrogen and oxygen atoms in total. The number of benzene rings is 2. The van der Waals surface area contributed by atoms with Crippen LogP contribution in [0.5, 0.6) is 11.5 Å². The summed E-state index contributed by atoms with van der Waals surface area (Å²) in [6, 6.07) is 12.5. The van der Waals surface area contributed by atoms with Crippen molar-refractivity contribution >= 4 is 11.8 Å². The summed E-state index contributed by atoms with van der Waals surface area (Å²) in [4.78, 5) is 28.9. The second-order valence-electron chi connectivity index (χ2n) is 6.50. The predicted molar refractivity (Wildman–Crippen MR) is 103 cm³/mol. The van der Waals surface area contributed by atoms with Crippen molar-refractivity contribution < 1.29 is 19.1 Å². The zero-order valence-corrected chi connectivity index (χ0v) is 15.9. The number of aryl methyl sites for hydroxylation is 1. The molecular formula is C21H24N2O4. The molecule has 2 aromatic rings. The van der Waals surface area contributed by atoms with E-state index in [0.29, 0.717) is 37.3 Å². The first-order chi connectivity index (χ1) is 13.0. The number of nitrogens with zero attached hydrogens (tertiary/aromatic N) is 2. The van der Waals surface area contributed by atoms with Gasteiger partial charge in [0.05, 0.1) is 14.2 Å².